The van der Waals surface area contributed by atoms with Gasteiger partial charge in [0.25, 0.3) is 10.0 Å². The normalized spacial score (nSPS) is 11.1. The standard InChI is InChI=1S/C26H18N4O3S3/c1-17-7-10-25(35-17)21-14-22(18-5-3-2-4-6-18)29-16-24(21)33-23-9-8-20(13-19(23)15-27)36(31,32)30-26-28-11-12-34-26/h2-14,16H,1H3,(H,28,30). The van der Waals surface area contributed by atoms with E-state index in [2.05, 4.69) is 14.7 Å². The molecule has 178 valence electrons. The van der Waals surface area contributed by atoms with Crippen molar-refractivity contribution in [2.45, 2.75) is 11.8 Å². The van der Waals surface area contributed by atoms with E-state index in [1.54, 1.807) is 22.9 Å². The van der Waals surface area contributed by atoms with E-state index in [0.29, 0.717) is 5.75 Å². The average molecular weight is 531 g/mol. The molecule has 0 saturated carbocycles. The molecule has 10 heteroatoms. The minimum absolute atomic E-state index is 0.0618. The first-order chi connectivity index (χ1) is 17.4. The monoisotopic (exact) mass is 530 g/mol. The third kappa shape index (κ3) is 4.99. The van der Waals surface area contributed by atoms with Crippen LogP contribution in [0.1, 0.15) is 10.4 Å². The summed E-state index contributed by atoms with van der Waals surface area (Å²) in [4.78, 5) is 10.6. The molecule has 0 radical (unpaired) electrons. The molecule has 1 N–H and O–H groups in total. The largest absolute Gasteiger partial charge is 0.454 e. The zero-order valence-electron chi connectivity index (χ0n) is 18.9. The first kappa shape index (κ1) is 23.7. The van der Waals surface area contributed by atoms with Crippen molar-refractivity contribution in [1.82, 2.24) is 9.97 Å². The molecule has 0 aliphatic carbocycles. The van der Waals surface area contributed by atoms with E-state index in [1.807, 2.05) is 61.5 Å². The van der Waals surface area contributed by atoms with Crippen molar-refractivity contribution in [2.75, 3.05) is 4.72 Å². The van der Waals surface area contributed by atoms with Gasteiger partial charge in [-0.25, -0.2) is 13.4 Å². The number of anilines is 1. The second-order valence-corrected chi connectivity index (χ2v) is 11.5. The van der Waals surface area contributed by atoms with E-state index in [-0.39, 0.29) is 21.3 Å². The van der Waals surface area contributed by atoms with Crippen LogP contribution in [0.4, 0.5) is 5.13 Å². The van der Waals surface area contributed by atoms with Crippen molar-refractivity contribution in [3.63, 3.8) is 0 Å². The molecule has 7 nitrogen and oxygen atoms in total. The van der Waals surface area contributed by atoms with Gasteiger partial charge in [-0.3, -0.25) is 9.71 Å². The second kappa shape index (κ2) is 9.91. The topological polar surface area (TPSA) is 105 Å². The third-order valence-electron chi connectivity index (χ3n) is 5.20. The van der Waals surface area contributed by atoms with Crippen LogP contribution in [0.5, 0.6) is 11.5 Å². The smallest absolute Gasteiger partial charge is 0.263 e. The molecule has 36 heavy (non-hydrogen) atoms. The van der Waals surface area contributed by atoms with Gasteiger partial charge in [-0.15, -0.1) is 22.7 Å². The highest BCUT2D eigenvalue weighted by Gasteiger charge is 2.20. The molecule has 5 aromatic rings. The van der Waals surface area contributed by atoms with Crippen molar-refractivity contribution >= 4 is 37.8 Å². The first-order valence-electron chi connectivity index (χ1n) is 10.7. The van der Waals surface area contributed by atoms with E-state index in [9.17, 15) is 13.7 Å². The summed E-state index contributed by atoms with van der Waals surface area (Å²) in [6.07, 6.45) is 3.13. The Morgan fingerprint density at radius 1 is 1.00 bits per heavy atom. The van der Waals surface area contributed by atoms with Crippen molar-refractivity contribution in [3.05, 3.63) is 94.9 Å². The number of hydrogen-bond acceptors (Lipinski definition) is 8. The highest BCUT2D eigenvalue weighted by Crippen LogP contribution is 2.39. The number of ether oxygens (including phenoxy) is 1. The lowest BCUT2D eigenvalue weighted by Gasteiger charge is -2.14. The molecule has 3 aromatic heterocycles. The minimum atomic E-state index is -3.91. The molecule has 0 atom stereocenters. The summed E-state index contributed by atoms with van der Waals surface area (Å²) in [6.45, 7) is 2.03. The van der Waals surface area contributed by atoms with E-state index in [0.717, 1.165) is 37.9 Å². The van der Waals surface area contributed by atoms with Gasteiger partial charge in [0.15, 0.2) is 10.9 Å². The number of hydrogen-bond donors (Lipinski definition) is 1. The highest BCUT2D eigenvalue weighted by atomic mass is 32.2. The maximum atomic E-state index is 12.7. The van der Waals surface area contributed by atoms with Gasteiger partial charge in [-0.05, 0) is 43.3 Å². The molecule has 0 aliphatic heterocycles. The maximum absolute atomic E-state index is 12.7. The van der Waals surface area contributed by atoms with E-state index < -0.39 is 10.0 Å². The zero-order chi connectivity index (χ0) is 25.1. The van der Waals surface area contributed by atoms with Crippen molar-refractivity contribution in [1.29, 1.82) is 5.26 Å². The Bertz CT molecular complexity index is 1670. The molecular weight excluding hydrogens is 513 g/mol. The van der Waals surface area contributed by atoms with Crippen LogP contribution in [0.15, 0.2) is 89.4 Å². The maximum Gasteiger partial charge on any atom is 0.263 e. The van der Waals surface area contributed by atoms with Crippen LogP contribution in [0.3, 0.4) is 0 Å². The number of aryl methyl sites for hydroxylation is 1. The van der Waals surface area contributed by atoms with Crippen LogP contribution in [-0.2, 0) is 10.0 Å². The van der Waals surface area contributed by atoms with Crippen LogP contribution in [-0.4, -0.2) is 18.4 Å². The predicted octanol–water partition coefficient (Wildman–Crippen LogP) is 6.71. The number of aromatic nitrogens is 2. The minimum Gasteiger partial charge on any atom is -0.454 e. The van der Waals surface area contributed by atoms with Gasteiger partial charge in [-0.1, -0.05) is 30.3 Å². The second-order valence-electron chi connectivity index (χ2n) is 7.66. The molecule has 0 aliphatic rings. The number of sulfonamides is 1. The molecule has 0 bridgehead atoms. The number of thiazole rings is 1. The lowest BCUT2D eigenvalue weighted by molar-refractivity contribution is 0.480. The van der Waals surface area contributed by atoms with Crippen molar-refractivity contribution in [2.24, 2.45) is 0 Å². The Labute approximate surface area is 216 Å². The Morgan fingerprint density at radius 3 is 2.53 bits per heavy atom. The Morgan fingerprint density at radius 2 is 1.83 bits per heavy atom. The fraction of sp³-hybridized carbons (Fsp3) is 0.0385. The van der Waals surface area contributed by atoms with Gasteiger partial charge in [0.05, 0.1) is 22.3 Å². The molecule has 0 saturated heterocycles. The van der Waals surface area contributed by atoms with E-state index in [1.165, 1.54) is 24.4 Å². The summed E-state index contributed by atoms with van der Waals surface area (Å²) in [5, 5.41) is 11.7. The molecule has 3 heterocycles. The molecule has 0 unspecified atom stereocenters. The summed E-state index contributed by atoms with van der Waals surface area (Å²) >= 11 is 2.78. The summed E-state index contributed by atoms with van der Waals surface area (Å²) in [5.74, 6) is 0.694. The van der Waals surface area contributed by atoms with Crippen LogP contribution in [0.25, 0.3) is 21.7 Å². The van der Waals surface area contributed by atoms with Gasteiger partial charge in [0.2, 0.25) is 0 Å². The van der Waals surface area contributed by atoms with Crippen LogP contribution < -0.4 is 9.46 Å². The lowest BCUT2D eigenvalue weighted by Crippen LogP contribution is -2.13. The summed E-state index contributed by atoms with van der Waals surface area (Å²) < 4.78 is 34.1. The lowest BCUT2D eigenvalue weighted by atomic mass is 10.1. The van der Waals surface area contributed by atoms with Crippen LogP contribution in [0.2, 0.25) is 0 Å². The quantitative estimate of drug-likeness (QED) is 0.251. The number of nitriles is 1. The van der Waals surface area contributed by atoms with Crippen molar-refractivity contribution in [3.8, 4) is 39.3 Å². The van der Waals surface area contributed by atoms with Gasteiger partial charge >= 0.3 is 0 Å². The zero-order valence-corrected chi connectivity index (χ0v) is 21.3. The van der Waals surface area contributed by atoms with Crippen molar-refractivity contribution < 1.29 is 13.2 Å². The summed E-state index contributed by atoms with van der Waals surface area (Å²) in [7, 11) is -3.91. The summed E-state index contributed by atoms with van der Waals surface area (Å²) in [6, 6.07) is 22.0. The van der Waals surface area contributed by atoms with E-state index in [4.69, 9.17) is 4.74 Å². The average Bonchev–Trinajstić information content (AvgIpc) is 3.56. The Kier molecular flexibility index (Phi) is 6.52. The number of benzene rings is 2. The molecule has 0 fully saturated rings. The predicted molar refractivity (Wildman–Crippen MR) is 142 cm³/mol. The molecule has 5 rings (SSSR count). The molecular formula is C26H18N4O3S3. The summed E-state index contributed by atoms with van der Waals surface area (Å²) in [5.41, 5.74) is 2.67. The number of nitrogens with one attached hydrogen (secondary N) is 1. The fourth-order valence-electron chi connectivity index (χ4n) is 3.48. The van der Waals surface area contributed by atoms with Gasteiger partial charge in [0.1, 0.15) is 11.8 Å². The van der Waals surface area contributed by atoms with E-state index >= 15 is 0 Å². The molecule has 0 spiro atoms. The highest BCUT2D eigenvalue weighted by molar-refractivity contribution is 7.93. The first-order valence-corrected chi connectivity index (χ1v) is 13.9. The number of nitrogens with zero attached hydrogens (tertiary/aromatic N) is 3. The van der Waals surface area contributed by atoms with Crippen LogP contribution >= 0.6 is 22.7 Å². The SMILES string of the molecule is Cc1ccc(-c2cc(-c3ccccc3)ncc2Oc2ccc(S(=O)(=O)Nc3nccs3)cc2C#N)s1. The van der Waals surface area contributed by atoms with Gasteiger partial charge in [0, 0.05) is 32.5 Å². The Balaban J connectivity index is 1.52. The number of pyridine rings is 1. The van der Waals surface area contributed by atoms with Gasteiger partial charge in [-0.2, -0.15) is 5.26 Å². The van der Waals surface area contributed by atoms with Gasteiger partial charge < -0.3 is 4.74 Å². The molecule has 2 aromatic carbocycles. The third-order valence-corrected chi connectivity index (χ3v) is 8.39. The Hall–Kier alpha value is -4.04. The molecule has 0 amide bonds. The fourth-order valence-corrected chi connectivity index (χ4v) is 6.18. The number of thiophene rings is 1. The van der Waals surface area contributed by atoms with Crippen LogP contribution in [0, 0.1) is 18.3 Å². The number of rotatable bonds is 7.